The summed E-state index contributed by atoms with van der Waals surface area (Å²) in [5.41, 5.74) is 3.16. The topological polar surface area (TPSA) is 117 Å². The van der Waals surface area contributed by atoms with Crippen LogP contribution in [0.5, 0.6) is 17.2 Å². The minimum absolute atomic E-state index is 0.113. The molecule has 0 radical (unpaired) electrons. The van der Waals surface area contributed by atoms with Gasteiger partial charge >= 0.3 is 0 Å². The first-order valence-electron chi connectivity index (χ1n) is 11.2. The van der Waals surface area contributed by atoms with Gasteiger partial charge in [-0.25, -0.2) is 9.97 Å². The molecule has 0 bridgehead atoms. The third-order valence-corrected chi connectivity index (χ3v) is 7.23. The molecule has 37 heavy (non-hydrogen) atoms. The Hall–Kier alpha value is -3.64. The van der Waals surface area contributed by atoms with Crippen LogP contribution in [0.3, 0.4) is 0 Å². The highest BCUT2D eigenvalue weighted by Gasteiger charge is 2.25. The van der Waals surface area contributed by atoms with Crippen LogP contribution in [0.25, 0.3) is 11.2 Å². The molecule has 1 atom stereocenters. The summed E-state index contributed by atoms with van der Waals surface area (Å²) in [4.78, 5) is 12.1. The summed E-state index contributed by atoms with van der Waals surface area (Å²) in [5.74, 6) is 1.74. The number of hydrogen-bond donors (Lipinski definition) is 2. The molecule has 2 aromatic carbocycles. The Morgan fingerprint density at radius 2 is 1.89 bits per heavy atom. The lowest BCUT2D eigenvalue weighted by atomic mass is 10.1. The second kappa shape index (κ2) is 10.8. The van der Waals surface area contributed by atoms with Crippen LogP contribution in [0.2, 0.25) is 0 Å². The fourth-order valence-electron chi connectivity index (χ4n) is 3.93. The van der Waals surface area contributed by atoms with Crippen LogP contribution in [0.1, 0.15) is 17.4 Å². The van der Waals surface area contributed by atoms with Gasteiger partial charge in [-0.2, -0.15) is 0 Å². The number of rotatable bonds is 9. The van der Waals surface area contributed by atoms with Crippen LogP contribution < -0.4 is 19.7 Å². The predicted molar refractivity (Wildman–Crippen MR) is 141 cm³/mol. The summed E-state index contributed by atoms with van der Waals surface area (Å²) in [6.45, 7) is 0.573. The van der Waals surface area contributed by atoms with Crippen molar-refractivity contribution in [3.05, 3.63) is 75.2 Å². The standard InChI is InChI=1S/C25H24BrN5O5S/c1-32-17-10-14(11-18(33-2)21(17)34-3)8-9-31-13-28-22(27)20-23(31)30-25(29-20)37-19-12-35-24(36-19)15-6-4-5-7-16(15)26/h4-7,10-13,24,27H,8-9H2,1-3H3,(H,29,30). The number of H-pyrrole nitrogens is 1. The Morgan fingerprint density at radius 3 is 2.59 bits per heavy atom. The molecule has 192 valence electrons. The maximum absolute atomic E-state index is 8.25. The monoisotopic (exact) mass is 585 g/mol. The number of aromatic nitrogens is 4. The maximum Gasteiger partial charge on any atom is 0.268 e. The number of aryl methyl sites for hydroxylation is 2. The number of nitrogens with one attached hydrogen (secondary N) is 2. The first kappa shape index (κ1) is 25.0. The zero-order chi connectivity index (χ0) is 25.9. The first-order chi connectivity index (χ1) is 18.0. The van der Waals surface area contributed by atoms with Crippen molar-refractivity contribution in [2.45, 2.75) is 24.4 Å². The number of halogens is 1. The molecule has 3 heterocycles. The molecule has 4 aromatic rings. The molecule has 0 saturated carbocycles. The van der Waals surface area contributed by atoms with Gasteiger partial charge in [-0.05, 0) is 41.9 Å². The molecule has 1 aliphatic rings. The van der Waals surface area contributed by atoms with E-state index in [1.807, 2.05) is 41.0 Å². The second-order valence-electron chi connectivity index (χ2n) is 7.96. The van der Waals surface area contributed by atoms with Gasteiger partial charge in [-0.3, -0.25) is 5.41 Å². The van der Waals surface area contributed by atoms with Crippen LogP contribution >= 0.6 is 27.7 Å². The van der Waals surface area contributed by atoms with Gasteiger partial charge in [0.1, 0.15) is 11.8 Å². The number of imidazole rings is 1. The van der Waals surface area contributed by atoms with Crippen LogP contribution in [0, 0.1) is 5.41 Å². The second-order valence-corrected chi connectivity index (χ2v) is 9.80. The van der Waals surface area contributed by atoms with E-state index >= 15 is 0 Å². The normalized spacial score (nSPS) is 14.7. The summed E-state index contributed by atoms with van der Waals surface area (Å²) in [7, 11) is 4.76. The average molecular weight is 586 g/mol. The van der Waals surface area contributed by atoms with E-state index in [-0.39, 0.29) is 5.49 Å². The molecular formula is C25H24BrN5O5S. The van der Waals surface area contributed by atoms with Crippen molar-refractivity contribution in [3.8, 4) is 17.2 Å². The van der Waals surface area contributed by atoms with E-state index in [2.05, 4.69) is 25.9 Å². The van der Waals surface area contributed by atoms with Gasteiger partial charge < -0.3 is 33.2 Å². The fraction of sp³-hybridized carbons (Fsp3) is 0.240. The number of methoxy groups -OCH3 is 3. The molecule has 0 amide bonds. The number of thioether (sulfide) groups is 1. The van der Waals surface area contributed by atoms with Crippen LogP contribution in [0.4, 0.5) is 0 Å². The summed E-state index contributed by atoms with van der Waals surface area (Å²) in [6, 6.07) is 11.6. The zero-order valence-electron chi connectivity index (χ0n) is 20.3. The first-order valence-corrected chi connectivity index (χ1v) is 12.8. The Kier molecular flexibility index (Phi) is 7.28. The molecule has 0 spiro atoms. The van der Waals surface area contributed by atoms with Crippen molar-refractivity contribution >= 4 is 38.9 Å². The zero-order valence-corrected chi connectivity index (χ0v) is 22.7. The van der Waals surface area contributed by atoms with E-state index < -0.39 is 6.29 Å². The molecule has 12 heteroatoms. The van der Waals surface area contributed by atoms with Crippen LogP contribution in [-0.4, -0.2) is 40.8 Å². The smallest absolute Gasteiger partial charge is 0.268 e. The highest BCUT2D eigenvalue weighted by molar-refractivity contribution is 9.10. The minimum atomic E-state index is -0.542. The summed E-state index contributed by atoms with van der Waals surface area (Å²) in [5, 5.41) is 9.37. The van der Waals surface area contributed by atoms with Crippen molar-refractivity contribution in [2.75, 3.05) is 21.3 Å². The van der Waals surface area contributed by atoms with Crippen LogP contribution in [-0.2, 0) is 22.4 Å². The van der Waals surface area contributed by atoms with Crippen molar-refractivity contribution in [2.24, 2.45) is 0 Å². The molecule has 2 aromatic heterocycles. The molecule has 10 nitrogen and oxygen atoms in total. The average Bonchev–Trinajstić information content (AvgIpc) is 3.56. The number of benzene rings is 2. The number of hydrogen-bond acceptors (Lipinski definition) is 9. The van der Waals surface area contributed by atoms with Crippen molar-refractivity contribution < 1.29 is 23.7 Å². The molecule has 0 fully saturated rings. The Balaban J connectivity index is 1.34. The summed E-state index contributed by atoms with van der Waals surface area (Å²) in [6.07, 6.45) is 3.30. The van der Waals surface area contributed by atoms with Gasteiger partial charge in [0, 0.05) is 16.6 Å². The van der Waals surface area contributed by atoms with E-state index in [0.29, 0.717) is 51.6 Å². The Morgan fingerprint density at radius 1 is 1.14 bits per heavy atom. The van der Waals surface area contributed by atoms with Gasteiger partial charge in [-0.1, -0.05) is 34.1 Å². The lowest BCUT2D eigenvalue weighted by Gasteiger charge is -2.14. The van der Waals surface area contributed by atoms with E-state index in [9.17, 15) is 0 Å². The van der Waals surface area contributed by atoms with Gasteiger partial charge in [0.25, 0.3) is 6.29 Å². The number of nitrogens with zero attached hydrogens (tertiary/aromatic N) is 3. The number of fused-ring (bicyclic) bond motifs is 1. The molecular weight excluding hydrogens is 562 g/mol. The lowest BCUT2D eigenvalue weighted by Crippen LogP contribution is -2.13. The summed E-state index contributed by atoms with van der Waals surface area (Å²) < 4.78 is 30.8. The summed E-state index contributed by atoms with van der Waals surface area (Å²) >= 11 is 4.82. The van der Waals surface area contributed by atoms with Gasteiger partial charge in [-0.15, -0.1) is 0 Å². The van der Waals surface area contributed by atoms with Gasteiger partial charge in [0.2, 0.25) is 10.8 Å². The molecule has 1 unspecified atom stereocenters. The molecule has 0 saturated heterocycles. The van der Waals surface area contributed by atoms with Crippen molar-refractivity contribution in [1.29, 1.82) is 5.41 Å². The van der Waals surface area contributed by atoms with E-state index in [1.165, 1.54) is 11.8 Å². The molecule has 0 aliphatic carbocycles. The fourth-order valence-corrected chi connectivity index (χ4v) is 5.12. The van der Waals surface area contributed by atoms with Gasteiger partial charge in [0.05, 0.1) is 27.7 Å². The third kappa shape index (κ3) is 5.12. The lowest BCUT2D eigenvalue weighted by molar-refractivity contribution is -0.0278. The van der Waals surface area contributed by atoms with E-state index in [4.69, 9.17) is 34.1 Å². The third-order valence-electron chi connectivity index (χ3n) is 5.73. The van der Waals surface area contributed by atoms with E-state index in [0.717, 1.165) is 15.6 Å². The number of ether oxygens (including phenoxy) is 5. The molecule has 2 N–H and O–H groups in total. The van der Waals surface area contributed by atoms with Crippen LogP contribution in [0.15, 0.2) is 63.7 Å². The molecule has 1 aliphatic heterocycles. The van der Waals surface area contributed by atoms with E-state index in [1.54, 1.807) is 33.9 Å². The highest BCUT2D eigenvalue weighted by Crippen LogP contribution is 2.40. The Bertz CT molecular complexity index is 1510. The van der Waals surface area contributed by atoms with Gasteiger partial charge in [0.15, 0.2) is 27.8 Å². The minimum Gasteiger partial charge on any atom is -0.493 e. The highest BCUT2D eigenvalue weighted by atomic mass is 79.9. The number of aromatic amines is 1. The SMILES string of the molecule is COc1cc(CCn2cnc(=N)c3[nH]c(SC4=COC(c5ccccc5Br)O4)nc32)cc(OC)c1OC. The Labute approximate surface area is 225 Å². The maximum atomic E-state index is 8.25. The van der Waals surface area contributed by atoms with Crippen molar-refractivity contribution in [1.82, 2.24) is 19.5 Å². The van der Waals surface area contributed by atoms with Crippen molar-refractivity contribution in [3.63, 3.8) is 0 Å². The predicted octanol–water partition coefficient (Wildman–Crippen LogP) is 4.91. The molecule has 5 rings (SSSR count). The largest absolute Gasteiger partial charge is 0.493 e. The quantitative estimate of drug-likeness (QED) is 0.285.